The highest BCUT2D eigenvalue weighted by atomic mass is 32.1. The quantitative estimate of drug-likeness (QED) is 0.354. The van der Waals surface area contributed by atoms with E-state index in [0.717, 1.165) is 60.9 Å². The number of imidazole rings is 1. The van der Waals surface area contributed by atoms with Crippen molar-refractivity contribution in [2.24, 2.45) is 0 Å². The van der Waals surface area contributed by atoms with E-state index in [2.05, 4.69) is 25.6 Å². The summed E-state index contributed by atoms with van der Waals surface area (Å²) in [7, 11) is 0. The number of para-hydroxylation sites is 2. The number of nitrogens with zero attached hydrogens (tertiary/aromatic N) is 2. The zero-order valence-electron chi connectivity index (χ0n) is 18.2. The predicted octanol–water partition coefficient (Wildman–Crippen LogP) is 4.51. The van der Waals surface area contributed by atoms with Crippen molar-refractivity contribution in [3.8, 4) is 0 Å². The summed E-state index contributed by atoms with van der Waals surface area (Å²) in [5.74, 6) is 0.545. The Bertz CT molecular complexity index is 1260. The van der Waals surface area contributed by atoms with E-state index in [1.165, 1.54) is 22.4 Å². The molecular formula is C25H25N5O2S. The van der Waals surface area contributed by atoms with Gasteiger partial charge in [0.1, 0.15) is 10.8 Å². The Balaban J connectivity index is 1.26. The molecule has 0 spiro atoms. The lowest BCUT2D eigenvalue weighted by molar-refractivity contribution is 0.0953. The minimum atomic E-state index is -0.249. The number of hydrogen-bond acceptors (Lipinski definition) is 5. The number of benzene rings is 1. The van der Waals surface area contributed by atoms with Crippen molar-refractivity contribution in [2.75, 3.05) is 11.9 Å². The van der Waals surface area contributed by atoms with Crippen LogP contribution < -0.4 is 10.6 Å². The van der Waals surface area contributed by atoms with E-state index in [4.69, 9.17) is 0 Å². The van der Waals surface area contributed by atoms with E-state index in [-0.39, 0.29) is 11.8 Å². The van der Waals surface area contributed by atoms with Gasteiger partial charge in [0.2, 0.25) is 0 Å². The van der Waals surface area contributed by atoms with Crippen molar-refractivity contribution in [1.29, 1.82) is 0 Å². The van der Waals surface area contributed by atoms with Gasteiger partial charge >= 0.3 is 0 Å². The zero-order chi connectivity index (χ0) is 22.6. The molecule has 7 nitrogen and oxygen atoms in total. The Morgan fingerprint density at radius 3 is 2.79 bits per heavy atom. The Hall–Kier alpha value is -3.52. The van der Waals surface area contributed by atoms with Crippen LogP contribution in [0.15, 0.2) is 48.8 Å². The van der Waals surface area contributed by atoms with Crippen LogP contribution in [-0.2, 0) is 19.3 Å². The van der Waals surface area contributed by atoms with Crippen LogP contribution in [0.1, 0.15) is 56.2 Å². The molecule has 0 aliphatic heterocycles. The summed E-state index contributed by atoms with van der Waals surface area (Å²) < 4.78 is 0. The number of pyridine rings is 1. The van der Waals surface area contributed by atoms with Crippen LogP contribution in [-0.4, -0.2) is 33.3 Å². The van der Waals surface area contributed by atoms with Gasteiger partial charge in [-0.1, -0.05) is 12.1 Å². The van der Waals surface area contributed by atoms with Gasteiger partial charge in [0, 0.05) is 30.2 Å². The molecule has 33 heavy (non-hydrogen) atoms. The number of nitrogens with one attached hydrogen (secondary N) is 3. The number of aryl methyl sites for hydroxylation is 2. The molecular weight excluding hydrogens is 434 g/mol. The summed E-state index contributed by atoms with van der Waals surface area (Å²) in [5, 5.41) is 6.65. The maximum atomic E-state index is 13.2. The maximum Gasteiger partial charge on any atom is 0.257 e. The number of carbonyl (C=O) groups is 2. The van der Waals surface area contributed by atoms with Crippen molar-refractivity contribution < 1.29 is 9.59 Å². The van der Waals surface area contributed by atoms with Gasteiger partial charge in [0.15, 0.2) is 0 Å². The molecule has 8 heteroatoms. The van der Waals surface area contributed by atoms with Gasteiger partial charge < -0.3 is 15.6 Å². The molecule has 1 aromatic carbocycles. The van der Waals surface area contributed by atoms with Gasteiger partial charge in [-0.3, -0.25) is 14.6 Å². The monoisotopic (exact) mass is 459 g/mol. The first kappa shape index (κ1) is 21.3. The van der Waals surface area contributed by atoms with Crippen LogP contribution in [0, 0.1) is 0 Å². The number of H-pyrrole nitrogens is 1. The van der Waals surface area contributed by atoms with Crippen molar-refractivity contribution in [2.45, 2.75) is 38.5 Å². The first-order chi connectivity index (χ1) is 16.2. The highest BCUT2D eigenvalue weighted by molar-refractivity contribution is 7.17. The zero-order valence-corrected chi connectivity index (χ0v) is 19.0. The molecule has 4 aromatic rings. The van der Waals surface area contributed by atoms with E-state index < -0.39 is 0 Å². The maximum absolute atomic E-state index is 13.2. The fraction of sp³-hybridized carbons (Fsp3) is 0.280. The number of fused-ring (bicyclic) bond motifs is 2. The number of amides is 2. The number of carbonyl (C=O) groups excluding carboxylic acids is 2. The van der Waals surface area contributed by atoms with Gasteiger partial charge in [0.25, 0.3) is 11.8 Å². The highest BCUT2D eigenvalue weighted by Crippen LogP contribution is 2.38. The lowest BCUT2D eigenvalue weighted by Gasteiger charge is -2.13. The smallest absolute Gasteiger partial charge is 0.257 e. The molecule has 3 aromatic heterocycles. The topological polar surface area (TPSA) is 99.8 Å². The SMILES string of the molecule is O=C(Nc1sc2c(c1C(=O)NCCCc1nc3ccccc3[nH]1)CCCC2)c1cccnc1. The van der Waals surface area contributed by atoms with Gasteiger partial charge in [-0.25, -0.2) is 4.98 Å². The van der Waals surface area contributed by atoms with Gasteiger partial charge in [-0.05, 0) is 61.9 Å². The molecule has 1 aliphatic carbocycles. The summed E-state index contributed by atoms with van der Waals surface area (Å²) in [6.07, 6.45) is 8.68. The molecule has 0 saturated carbocycles. The summed E-state index contributed by atoms with van der Waals surface area (Å²) in [6.45, 7) is 0.538. The standard InChI is InChI=1S/C25H25N5O2S/c31-23(16-7-5-13-26-15-16)30-25-22(17-8-1-4-11-20(17)33-25)24(32)27-14-6-12-21-28-18-9-2-3-10-19(18)29-21/h2-3,5,7,9-10,13,15H,1,4,6,8,11-12,14H2,(H,27,32)(H,28,29)(H,30,31). The predicted molar refractivity (Wildman–Crippen MR) is 130 cm³/mol. The van der Waals surface area contributed by atoms with Crippen LogP contribution >= 0.6 is 11.3 Å². The first-order valence-electron chi connectivity index (χ1n) is 11.3. The molecule has 5 rings (SSSR count). The number of aromatic nitrogens is 3. The molecule has 1 aliphatic rings. The highest BCUT2D eigenvalue weighted by Gasteiger charge is 2.26. The van der Waals surface area contributed by atoms with Crippen LogP contribution in [0.5, 0.6) is 0 Å². The average Bonchev–Trinajstić information content (AvgIpc) is 3.42. The number of thiophene rings is 1. The normalized spacial score (nSPS) is 13.0. The number of anilines is 1. The first-order valence-corrected chi connectivity index (χ1v) is 12.1. The van der Waals surface area contributed by atoms with E-state index in [9.17, 15) is 9.59 Å². The minimum absolute atomic E-state index is 0.125. The fourth-order valence-electron chi connectivity index (χ4n) is 4.24. The molecule has 3 N–H and O–H groups in total. The Morgan fingerprint density at radius 2 is 1.94 bits per heavy atom. The summed E-state index contributed by atoms with van der Waals surface area (Å²) in [6, 6.07) is 11.4. The molecule has 168 valence electrons. The Morgan fingerprint density at radius 1 is 1.06 bits per heavy atom. The number of aromatic amines is 1. The Labute approximate surface area is 195 Å². The number of hydrogen-bond donors (Lipinski definition) is 3. The van der Waals surface area contributed by atoms with E-state index in [0.29, 0.717) is 22.7 Å². The van der Waals surface area contributed by atoms with Gasteiger partial charge in [-0.15, -0.1) is 11.3 Å². The molecule has 3 heterocycles. The van der Waals surface area contributed by atoms with E-state index >= 15 is 0 Å². The largest absolute Gasteiger partial charge is 0.352 e. The molecule has 0 fully saturated rings. The summed E-state index contributed by atoms with van der Waals surface area (Å²) in [4.78, 5) is 39.0. The van der Waals surface area contributed by atoms with Crippen molar-refractivity contribution in [3.63, 3.8) is 0 Å². The van der Waals surface area contributed by atoms with Crippen molar-refractivity contribution in [3.05, 3.63) is 76.2 Å². The Kier molecular flexibility index (Phi) is 6.17. The molecule has 0 atom stereocenters. The van der Waals surface area contributed by atoms with Crippen LogP contribution in [0.4, 0.5) is 5.00 Å². The second kappa shape index (κ2) is 9.54. The third-order valence-corrected chi connectivity index (χ3v) is 7.07. The van der Waals surface area contributed by atoms with Gasteiger partial charge in [-0.2, -0.15) is 0 Å². The van der Waals surface area contributed by atoms with Crippen LogP contribution in [0.25, 0.3) is 11.0 Å². The van der Waals surface area contributed by atoms with Crippen LogP contribution in [0.3, 0.4) is 0 Å². The fourth-order valence-corrected chi connectivity index (χ4v) is 5.52. The lowest BCUT2D eigenvalue weighted by Crippen LogP contribution is -2.27. The van der Waals surface area contributed by atoms with E-state index in [1.54, 1.807) is 18.3 Å². The second-order valence-electron chi connectivity index (χ2n) is 8.17. The molecule has 2 amide bonds. The average molecular weight is 460 g/mol. The second-order valence-corrected chi connectivity index (χ2v) is 9.28. The van der Waals surface area contributed by atoms with Crippen molar-refractivity contribution in [1.82, 2.24) is 20.3 Å². The summed E-state index contributed by atoms with van der Waals surface area (Å²) in [5.41, 5.74) is 4.16. The third-order valence-electron chi connectivity index (χ3n) is 5.86. The van der Waals surface area contributed by atoms with Crippen molar-refractivity contribution >= 4 is 39.2 Å². The summed E-state index contributed by atoms with van der Waals surface area (Å²) >= 11 is 1.52. The van der Waals surface area contributed by atoms with E-state index in [1.807, 2.05) is 24.3 Å². The van der Waals surface area contributed by atoms with Crippen LogP contribution in [0.2, 0.25) is 0 Å². The molecule has 0 bridgehead atoms. The minimum Gasteiger partial charge on any atom is -0.352 e. The molecule has 0 unspecified atom stereocenters. The molecule has 0 radical (unpaired) electrons. The lowest BCUT2D eigenvalue weighted by atomic mass is 9.95. The van der Waals surface area contributed by atoms with Gasteiger partial charge in [0.05, 0.1) is 22.2 Å². The number of rotatable bonds is 7. The molecule has 0 saturated heterocycles. The third kappa shape index (κ3) is 4.66.